The molecule has 1 atom stereocenters. The van der Waals surface area contributed by atoms with Crippen molar-refractivity contribution in [3.05, 3.63) is 106 Å². The Morgan fingerprint density at radius 2 is 1.76 bits per heavy atom. The second-order valence-corrected chi connectivity index (χ2v) is 10.8. The zero-order valence-electron chi connectivity index (χ0n) is 22.0. The molecule has 5 rings (SSSR count). The molecule has 0 spiro atoms. The summed E-state index contributed by atoms with van der Waals surface area (Å²) >= 11 is 1.45. The quantitative estimate of drug-likeness (QED) is 0.221. The first-order valence-electron chi connectivity index (χ1n) is 13.3. The number of thiazole rings is 1. The number of carbonyl (C=O) groups is 2. The summed E-state index contributed by atoms with van der Waals surface area (Å²) in [7, 11) is 0. The summed E-state index contributed by atoms with van der Waals surface area (Å²) < 4.78 is 39.2. The van der Waals surface area contributed by atoms with E-state index < -0.39 is 17.7 Å². The lowest BCUT2D eigenvalue weighted by molar-refractivity contribution is -0.138. The highest BCUT2D eigenvalue weighted by atomic mass is 32.1. The van der Waals surface area contributed by atoms with Crippen molar-refractivity contribution in [3.63, 3.8) is 0 Å². The molecule has 0 radical (unpaired) electrons. The number of rotatable bonds is 9. The number of fused-ring (bicyclic) bond motifs is 1. The number of carboxylic acid groups (broad SMARTS) is 1. The lowest BCUT2D eigenvalue weighted by atomic mass is 9.87. The largest absolute Gasteiger partial charge is 0.481 e. The maximum absolute atomic E-state index is 13.1. The van der Waals surface area contributed by atoms with Crippen molar-refractivity contribution in [1.82, 2.24) is 10.3 Å². The summed E-state index contributed by atoms with van der Waals surface area (Å²) in [6.07, 6.45) is -1.60. The average molecular weight is 580 g/mol. The number of hydrogen-bond acceptors (Lipinski definition) is 5. The van der Waals surface area contributed by atoms with Crippen LogP contribution in [0.1, 0.15) is 57.9 Å². The van der Waals surface area contributed by atoms with Crippen LogP contribution in [-0.4, -0.2) is 28.5 Å². The van der Waals surface area contributed by atoms with Gasteiger partial charge in [0, 0.05) is 29.6 Å². The molecule has 212 valence electrons. The van der Waals surface area contributed by atoms with Crippen LogP contribution in [0.4, 0.5) is 18.3 Å². The van der Waals surface area contributed by atoms with Gasteiger partial charge in [-0.25, -0.2) is 4.98 Å². The maximum Gasteiger partial charge on any atom is 0.416 e. The van der Waals surface area contributed by atoms with Crippen LogP contribution in [0.25, 0.3) is 11.3 Å². The van der Waals surface area contributed by atoms with Crippen molar-refractivity contribution in [2.45, 2.75) is 44.4 Å². The highest BCUT2D eigenvalue weighted by Crippen LogP contribution is 2.40. The van der Waals surface area contributed by atoms with Gasteiger partial charge in [0.25, 0.3) is 5.91 Å². The molecule has 0 aliphatic heterocycles. The smallest absolute Gasteiger partial charge is 0.416 e. The Kier molecular flexibility index (Phi) is 8.39. The van der Waals surface area contributed by atoms with Crippen molar-refractivity contribution in [2.75, 3.05) is 11.4 Å². The molecule has 6 nitrogen and oxygen atoms in total. The minimum atomic E-state index is -4.40. The zero-order chi connectivity index (χ0) is 29.0. The number of aryl methyl sites for hydroxylation is 1. The first-order chi connectivity index (χ1) is 19.7. The summed E-state index contributed by atoms with van der Waals surface area (Å²) in [5.41, 5.74) is 4.45. The molecule has 3 aromatic carbocycles. The first-order valence-corrected chi connectivity index (χ1v) is 14.1. The van der Waals surface area contributed by atoms with Crippen LogP contribution in [-0.2, 0) is 23.9 Å². The molecule has 10 heteroatoms. The number of carboxylic acids is 1. The third-order valence-electron chi connectivity index (χ3n) is 7.15. The van der Waals surface area contributed by atoms with Crippen molar-refractivity contribution in [1.29, 1.82) is 0 Å². The van der Waals surface area contributed by atoms with E-state index in [0.717, 1.165) is 42.1 Å². The third kappa shape index (κ3) is 6.77. The Bertz CT molecular complexity index is 1520. The van der Waals surface area contributed by atoms with E-state index >= 15 is 0 Å². The van der Waals surface area contributed by atoms with E-state index in [4.69, 9.17) is 10.1 Å². The molecule has 0 fully saturated rings. The van der Waals surface area contributed by atoms with Gasteiger partial charge in [0.2, 0.25) is 0 Å². The predicted molar refractivity (Wildman–Crippen MR) is 152 cm³/mol. The molecule has 1 heterocycles. The van der Waals surface area contributed by atoms with Gasteiger partial charge in [0.1, 0.15) is 0 Å². The molecule has 0 bridgehead atoms. The van der Waals surface area contributed by atoms with Crippen molar-refractivity contribution >= 4 is 28.3 Å². The van der Waals surface area contributed by atoms with E-state index in [9.17, 15) is 22.8 Å². The van der Waals surface area contributed by atoms with Crippen LogP contribution < -0.4 is 10.2 Å². The minimum Gasteiger partial charge on any atom is -0.481 e. The highest BCUT2D eigenvalue weighted by Gasteiger charge is 2.31. The van der Waals surface area contributed by atoms with Crippen LogP contribution in [0.15, 0.2) is 78.2 Å². The van der Waals surface area contributed by atoms with Gasteiger partial charge < -0.3 is 15.3 Å². The molecular formula is C31H28F3N3O3S. The van der Waals surface area contributed by atoms with Crippen LogP contribution >= 0.6 is 11.3 Å². The summed E-state index contributed by atoms with van der Waals surface area (Å²) in [5, 5.41) is 14.0. The molecule has 4 aromatic rings. The number of amides is 1. The second-order valence-electron chi connectivity index (χ2n) is 9.92. The number of carbonyl (C=O) groups excluding carboxylic acids is 1. The number of nitrogens with zero attached hydrogens (tertiary/aromatic N) is 2. The number of aliphatic carboxylic acids is 1. The van der Waals surface area contributed by atoms with Gasteiger partial charge >= 0.3 is 12.1 Å². The molecule has 0 saturated heterocycles. The van der Waals surface area contributed by atoms with Gasteiger partial charge in [0.15, 0.2) is 5.13 Å². The molecule has 1 amide bonds. The molecule has 2 N–H and O–H groups in total. The van der Waals surface area contributed by atoms with Crippen molar-refractivity contribution in [3.8, 4) is 11.3 Å². The van der Waals surface area contributed by atoms with Crippen molar-refractivity contribution < 1.29 is 27.9 Å². The normalized spacial score (nSPS) is 14.8. The van der Waals surface area contributed by atoms with E-state index in [2.05, 4.69) is 22.3 Å². The Labute approximate surface area is 239 Å². The van der Waals surface area contributed by atoms with Crippen LogP contribution in [0.3, 0.4) is 0 Å². The molecule has 1 aliphatic carbocycles. The zero-order valence-corrected chi connectivity index (χ0v) is 22.8. The number of nitrogens with one attached hydrogen (secondary N) is 1. The number of halogens is 3. The topological polar surface area (TPSA) is 82.5 Å². The van der Waals surface area contributed by atoms with Gasteiger partial charge in [0.05, 0.1) is 23.7 Å². The average Bonchev–Trinajstić information content (AvgIpc) is 3.45. The Morgan fingerprint density at radius 3 is 2.46 bits per heavy atom. The second kappa shape index (κ2) is 12.1. The van der Waals surface area contributed by atoms with Gasteiger partial charge in [-0.3, -0.25) is 9.59 Å². The van der Waals surface area contributed by atoms with Crippen LogP contribution in [0.5, 0.6) is 0 Å². The predicted octanol–water partition coefficient (Wildman–Crippen LogP) is 7.12. The highest BCUT2D eigenvalue weighted by molar-refractivity contribution is 7.14. The standard InChI is InChI=1S/C31H28F3N3O3S/c32-31(33,34)24-14-12-22(13-15-24)26-19-41-30(36-26)37(27-7-3-5-21-4-1-2-6-25(21)27)18-20-8-10-23(11-9-20)29(40)35-17-16-28(38)39/h1-2,4,6,8-15,19,27H,3,5,7,16-18H2,(H,35,40)(H,38,39). The van der Waals surface area contributed by atoms with E-state index in [-0.39, 0.29) is 24.9 Å². The summed E-state index contributed by atoms with van der Waals surface area (Å²) in [4.78, 5) is 30.2. The Morgan fingerprint density at radius 1 is 1.02 bits per heavy atom. The van der Waals surface area contributed by atoms with Gasteiger partial charge in [-0.1, -0.05) is 48.5 Å². The van der Waals surface area contributed by atoms with Gasteiger partial charge in [-0.15, -0.1) is 11.3 Å². The van der Waals surface area contributed by atoms with E-state index in [1.807, 2.05) is 29.6 Å². The van der Waals surface area contributed by atoms with E-state index in [0.29, 0.717) is 23.4 Å². The Hall–Kier alpha value is -4.18. The number of alkyl halides is 3. The van der Waals surface area contributed by atoms with Crippen LogP contribution in [0.2, 0.25) is 0 Å². The number of hydrogen-bond donors (Lipinski definition) is 2. The van der Waals surface area contributed by atoms with Gasteiger partial charge in [-0.2, -0.15) is 13.2 Å². The van der Waals surface area contributed by atoms with E-state index in [1.165, 1.54) is 34.6 Å². The lowest BCUT2D eigenvalue weighted by Crippen LogP contribution is -2.31. The van der Waals surface area contributed by atoms with E-state index in [1.54, 1.807) is 12.1 Å². The molecule has 1 aromatic heterocycles. The SMILES string of the molecule is O=C(O)CCNC(=O)c1ccc(CN(c2nc(-c3ccc(C(F)(F)F)cc3)cs2)C2CCCc3ccccc32)cc1. The van der Waals surface area contributed by atoms with Crippen LogP contribution in [0, 0.1) is 0 Å². The number of benzene rings is 3. The fraction of sp³-hybridized carbons (Fsp3) is 0.258. The molecule has 0 saturated carbocycles. The van der Waals surface area contributed by atoms with Crippen molar-refractivity contribution in [2.24, 2.45) is 0 Å². The number of anilines is 1. The fourth-order valence-electron chi connectivity index (χ4n) is 5.07. The minimum absolute atomic E-state index is 0.0517. The third-order valence-corrected chi connectivity index (χ3v) is 8.03. The number of aromatic nitrogens is 1. The fourth-order valence-corrected chi connectivity index (χ4v) is 5.95. The summed E-state index contributed by atoms with van der Waals surface area (Å²) in [6.45, 7) is 0.565. The monoisotopic (exact) mass is 579 g/mol. The molecule has 1 aliphatic rings. The lowest BCUT2D eigenvalue weighted by Gasteiger charge is -2.36. The Balaban J connectivity index is 1.41. The molecule has 41 heavy (non-hydrogen) atoms. The summed E-state index contributed by atoms with van der Waals surface area (Å²) in [5.74, 6) is -1.31. The molecular weight excluding hydrogens is 551 g/mol. The molecule has 1 unspecified atom stereocenters. The first kappa shape index (κ1) is 28.4. The van der Waals surface area contributed by atoms with Gasteiger partial charge in [-0.05, 0) is 60.2 Å². The maximum atomic E-state index is 13.1. The summed E-state index contributed by atoms with van der Waals surface area (Å²) in [6, 6.07) is 20.6.